The van der Waals surface area contributed by atoms with Crippen molar-refractivity contribution < 1.29 is 17.9 Å². The average molecular weight is 497 g/mol. The van der Waals surface area contributed by atoms with Gasteiger partial charge in [-0.2, -0.15) is 4.31 Å². The quantitative estimate of drug-likeness (QED) is 0.562. The zero-order valence-corrected chi connectivity index (χ0v) is 20.1. The lowest BCUT2D eigenvalue weighted by molar-refractivity contribution is 0.0730. The van der Waals surface area contributed by atoms with Crippen molar-refractivity contribution in [3.8, 4) is 0 Å². The summed E-state index contributed by atoms with van der Waals surface area (Å²) in [5.74, 6) is -0.466. The number of nitrogens with zero attached hydrogens (tertiary/aromatic N) is 2. The summed E-state index contributed by atoms with van der Waals surface area (Å²) in [6.45, 7) is 3.06. The summed E-state index contributed by atoms with van der Waals surface area (Å²) in [7, 11) is -3.76. The molecular weight excluding hydrogens is 468 g/mol. The summed E-state index contributed by atoms with van der Waals surface area (Å²) in [5.41, 5.74) is 1.68. The number of fused-ring (bicyclic) bond motifs is 1. The monoisotopic (exact) mass is 496 g/mol. The van der Waals surface area contributed by atoms with Gasteiger partial charge in [0.15, 0.2) is 0 Å². The number of pyridine rings is 1. The molecule has 35 heavy (non-hydrogen) atoms. The highest BCUT2D eigenvalue weighted by molar-refractivity contribution is 7.89. The largest absolute Gasteiger partial charge is 0.379 e. The second-order valence-corrected chi connectivity index (χ2v) is 10.7. The normalized spacial score (nSPS) is 17.4. The third kappa shape index (κ3) is 4.82. The maximum absolute atomic E-state index is 13.4. The molecule has 0 aliphatic carbocycles. The molecule has 2 saturated heterocycles. The number of piperidine rings is 1. The van der Waals surface area contributed by atoms with E-state index >= 15 is 0 Å². The molecule has 0 bridgehead atoms. The van der Waals surface area contributed by atoms with Crippen LogP contribution in [0.25, 0.3) is 10.9 Å². The van der Waals surface area contributed by atoms with E-state index in [0.29, 0.717) is 29.8 Å². The summed E-state index contributed by atoms with van der Waals surface area (Å²) in [6, 6.07) is 13.3. The van der Waals surface area contributed by atoms with Gasteiger partial charge in [0.05, 0.1) is 35.0 Å². The Morgan fingerprint density at radius 3 is 2.46 bits per heavy atom. The fourth-order valence-electron chi connectivity index (χ4n) is 4.70. The number of nitrogens with one attached hydrogen (secondary N) is 2. The molecule has 2 aromatic carbocycles. The Hall–Kier alpha value is -3.21. The maximum Gasteiger partial charge on any atom is 0.256 e. The molecule has 0 spiro atoms. The van der Waals surface area contributed by atoms with E-state index in [-0.39, 0.29) is 23.5 Å². The number of para-hydroxylation sites is 2. The van der Waals surface area contributed by atoms with Crippen LogP contribution in [0.5, 0.6) is 0 Å². The van der Waals surface area contributed by atoms with Gasteiger partial charge in [0.1, 0.15) is 0 Å². The first-order valence-electron chi connectivity index (χ1n) is 11.8. The Morgan fingerprint density at radius 1 is 0.943 bits per heavy atom. The minimum absolute atomic E-state index is 0.0710. The lowest BCUT2D eigenvalue weighted by Crippen LogP contribution is -2.40. The predicted octanol–water partition coefficient (Wildman–Crippen LogP) is 2.79. The van der Waals surface area contributed by atoms with E-state index in [9.17, 15) is 18.0 Å². The summed E-state index contributed by atoms with van der Waals surface area (Å²) >= 11 is 0. The number of hydrogen-bond acceptors (Lipinski definition) is 6. The van der Waals surface area contributed by atoms with Crippen molar-refractivity contribution in [1.82, 2.24) is 9.29 Å². The highest BCUT2D eigenvalue weighted by atomic mass is 32.2. The Morgan fingerprint density at radius 2 is 1.69 bits per heavy atom. The van der Waals surface area contributed by atoms with Crippen molar-refractivity contribution in [2.75, 3.05) is 49.6 Å². The number of ether oxygens (including phenoxy) is 1. The van der Waals surface area contributed by atoms with Crippen LogP contribution in [0.4, 0.5) is 11.4 Å². The predicted molar refractivity (Wildman–Crippen MR) is 135 cm³/mol. The third-order valence-corrected chi connectivity index (χ3v) is 8.41. The van der Waals surface area contributed by atoms with E-state index in [0.717, 1.165) is 31.6 Å². The minimum atomic E-state index is -3.76. The number of aromatic nitrogens is 1. The van der Waals surface area contributed by atoms with E-state index in [1.165, 1.54) is 35.0 Å². The number of carbonyl (C=O) groups is 1. The number of carbonyl (C=O) groups excluding carboxylic acids is 1. The topological polar surface area (TPSA) is 112 Å². The molecule has 2 N–H and O–H groups in total. The molecule has 184 valence electrons. The fourth-order valence-corrected chi connectivity index (χ4v) is 6.13. The Labute approximate surface area is 203 Å². The number of amides is 1. The van der Waals surface area contributed by atoms with Crippen molar-refractivity contribution in [2.24, 2.45) is 0 Å². The van der Waals surface area contributed by atoms with Gasteiger partial charge in [-0.15, -0.1) is 0 Å². The molecule has 1 aromatic heterocycles. The lowest BCUT2D eigenvalue weighted by atomic mass is 10.1. The molecule has 0 saturated carbocycles. The molecule has 3 aromatic rings. The zero-order chi connectivity index (χ0) is 24.4. The smallest absolute Gasteiger partial charge is 0.256 e. The second-order valence-electron chi connectivity index (χ2n) is 8.79. The standard InChI is InChI=1S/C25H28N4O5S/c30-24-17-20(25(31)27-22-6-2-3-7-23(22)28-10-4-1-5-11-28)19-16-18(8-9-21(19)26-24)35(32,33)29-12-14-34-15-13-29/h2-3,6-9,16-17H,1,4-5,10-15H2,(H,26,30)(H,27,31). The molecule has 5 rings (SSSR count). The van der Waals surface area contributed by atoms with Crippen LogP contribution in [0.2, 0.25) is 0 Å². The van der Waals surface area contributed by atoms with Gasteiger partial charge in [-0.05, 0) is 49.6 Å². The van der Waals surface area contributed by atoms with Crippen LogP contribution in [0, 0.1) is 0 Å². The number of aromatic amines is 1. The van der Waals surface area contributed by atoms with Crippen molar-refractivity contribution >= 4 is 38.2 Å². The fraction of sp³-hybridized carbons (Fsp3) is 0.360. The number of morpholine rings is 1. The zero-order valence-electron chi connectivity index (χ0n) is 19.3. The number of hydrogen-bond donors (Lipinski definition) is 2. The van der Waals surface area contributed by atoms with Crippen LogP contribution < -0.4 is 15.8 Å². The van der Waals surface area contributed by atoms with Gasteiger partial charge in [-0.3, -0.25) is 9.59 Å². The Balaban J connectivity index is 1.51. The average Bonchev–Trinajstić information content (AvgIpc) is 2.89. The summed E-state index contributed by atoms with van der Waals surface area (Å²) < 4.78 is 33.0. The lowest BCUT2D eigenvalue weighted by Gasteiger charge is -2.30. The first kappa shape index (κ1) is 23.5. The number of sulfonamides is 1. The molecule has 2 fully saturated rings. The van der Waals surface area contributed by atoms with Gasteiger partial charge < -0.3 is 19.9 Å². The van der Waals surface area contributed by atoms with Crippen molar-refractivity contribution in [2.45, 2.75) is 24.2 Å². The molecule has 9 nitrogen and oxygen atoms in total. The highest BCUT2D eigenvalue weighted by Gasteiger charge is 2.27. The van der Waals surface area contributed by atoms with Crippen molar-refractivity contribution in [1.29, 1.82) is 0 Å². The second kappa shape index (κ2) is 9.80. The molecule has 10 heteroatoms. The molecule has 1 amide bonds. The van der Waals surface area contributed by atoms with Crippen molar-refractivity contribution in [3.63, 3.8) is 0 Å². The molecule has 0 atom stereocenters. The summed E-state index contributed by atoms with van der Waals surface area (Å²) in [6.07, 6.45) is 3.39. The van der Waals surface area contributed by atoms with Gasteiger partial charge >= 0.3 is 0 Å². The van der Waals surface area contributed by atoms with Crippen LogP contribution in [-0.2, 0) is 14.8 Å². The number of anilines is 2. The van der Waals surface area contributed by atoms with E-state index < -0.39 is 21.5 Å². The minimum Gasteiger partial charge on any atom is -0.379 e. The third-order valence-electron chi connectivity index (χ3n) is 6.52. The van der Waals surface area contributed by atoms with Gasteiger partial charge in [0, 0.05) is 43.1 Å². The molecular formula is C25H28N4O5S. The molecule has 3 heterocycles. The first-order chi connectivity index (χ1) is 16.9. The van der Waals surface area contributed by atoms with Gasteiger partial charge in [0.25, 0.3) is 5.91 Å². The van der Waals surface area contributed by atoms with E-state index in [2.05, 4.69) is 15.2 Å². The van der Waals surface area contributed by atoms with Gasteiger partial charge in [-0.25, -0.2) is 8.42 Å². The first-order valence-corrected chi connectivity index (χ1v) is 13.3. The molecule has 2 aliphatic heterocycles. The summed E-state index contributed by atoms with van der Waals surface area (Å²) in [4.78, 5) is 30.8. The van der Waals surface area contributed by atoms with E-state index in [1.54, 1.807) is 0 Å². The Kier molecular flexibility index (Phi) is 6.59. The maximum atomic E-state index is 13.4. The number of H-pyrrole nitrogens is 1. The van der Waals surface area contributed by atoms with E-state index in [1.807, 2.05) is 24.3 Å². The van der Waals surface area contributed by atoms with Gasteiger partial charge in [0.2, 0.25) is 15.6 Å². The van der Waals surface area contributed by atoms with Crippen LogP contribution in [0.1, 0.15) is 29.6 Å². The van der Waals surface area contributed by atoms with Crippen LogP contribution in [0.15, 0.2) is 58.2 Å². The Bertz CT molecular complexity index is 1410. The van der Waals surface area contributed by atoms with E-state index in [4.69, 9.17) is 4.74 Å². The number of rotatable bonds is 5. The molecule has 0 unspecified atom stereocenters. The number of benzene rings is 2. The van der Waals surface area contributed by atoms with Crippen LogP contribution in [0.3, 0.4) is 0 Å². The van der Waals surface area contributed by atoms with Crippen LogP contribution >= 0.6 is 0 Å². The summed E-state index contributed by atoms with van der Waals surface area (Å²) in [5, 5.41) is 3.32. The highest BCUT2D eigenvalue weighted by Crippen LogP contribution is 2.30. The van der Waals surface area contributed by atoms with Gasteiger partial charge in [-0.1, -0.05) is 12.1 Å². The molecule has 2 aliphatic rings. The molecule has 0 radical (unpaired) electrons. The van der Waals surface area contributed by atoms with Crippen LogP contribution in [-0.4, -0.2) is 63.0 Å². The SMILES string of the molecule is O=C(Nc1ccccc1N1CCCCC1)c1cc(=O)[nH]c2ccc(S(=O)(=O)N3CCOCC3)cc12. The van der Waals surface area contributed by atoms with Crippen molar-refractivity contribution in [3.05, 3.63) is 64.4 Å².